The molecule has 0 saturated heterocycles. The standard InChI is InChI=1S/C16H8BrIN2/c17-15-13-3-1-2-12(16(13)20-9-14(15)18)11-6-4-10(8-19)5-7-11/h1-7,9H. The molecule has 96 valence electrons. The normalized spacial score (nSPS) is 10.4. The summed E-state index contributed by atoms with van der Waals surface area (Å²) < 4.78 is 2.16. The van der Waals surface area contributed by atoms with Crippen LogP contribution in [0.2, 0.25) is 0 Å². The van der Waals surface area contributed by atoms with Crippen LogP contribution in [0.25, 0.3) is 22.0 Å². The van der Waals surface area contributed by atoms with Crippen molar-refractivity contribution in [2.75, 3.05) is 0 Å². The minimum absolute atomic E-state index is 0.665. The van der Waals surface area contributed by atoms with Gasteiger partial charge in [-0.05, 0) is 56.2 Å². The molecule has 0 radical (unpaired) electrons. The Bertz CT molecular complexity index is 835. The van der Waals surface area contributed by atoms with Gasteiger partial charge in [-0.1, -0.05) is 30.3 Å². The lowest BCUT2D eigenvalue weighted by Gasteiger charge is -2.08. The Morgan fingerprint density at radius 2 is 1.85 bits per heavy atom. The lowest BCUT2D eigenvalue weighted by atomic mass is 10.0. The summed E-state index contributed by atoms with van der Waals surface area (Å²) in [6.45, 7) is 0. The molecule has 2 nitrogen and oxygen atoms in total. The molecule has 2 aromatic carbocycles. The molecule has 0 saturated carbocycles. The number of hydrogen-bond donors (Lipinski definition) is 0. The number of para-hydroxylation sites is 1. The van der Waals surface area contributed by atoms with Gasteiger partial charge >= 0.3 is 0 Å². The van der Waals surface area contributed by atoms with Crippen LogP contribution in [-0.2, 0) is 0 Å². The van der Waals surface area contributed by atoms with Crippen LogP contribution >= 0.6 is 38.5 Å². The molecular formula is C16H8BrIN2. The van der Waals surface area contributed by atoms with Crippen molar-refractivity contribution in [1.29, 1.82) is 5.26 Å². The van der Waals surface area contributed by atoms with Gasteiger partial charge < -0.3 is 0 Å². The zero-order valence-electron chi connectivity index (χ0n) is 10.3. The van der Waals surface area contributed by atoms with Crippen LogP contribution in [0.4, 0.5) is 0 Å². The van der Waals surface area contributed by atoms with Gasteiger partial charge in [0, 0.05) is 25.2 Å². The molecule has 0 aliphatic rings. The molecule has 1 aromatic heterocycles. The van der Waals surface area contributed by atoms with Crippen molar-refractivity contribution < 1.29 is 0 Å². The lowest BCUT2D eigenvalue weighted by molar-refractivity contribution is 1.37. The van der Waals surface area contributed by atoms with E-state index in [-0.39, 0.29) is 0 Å². The first-order valence-electron chi connectivity index (χ1n) is 5.94. The fraction of sp³-hybridized carbons (Fsp3) is 0. The van der Waals surface area contributed by atoms with Gasteiger partial charge in [-0.25, -0.2) is 0 Å². The van der Waals surface area contributed by atoms with Gasteiger partial charge in [0.25, 0.3) is 0 Å². The van der Waals surface area contributed by atoms with E-state index in [9.17, 15) is 0 Å². The van der Waals surface area contributed by atoms with E-state index in [1.54, 1.807) is 0 Å². The number of rotatable bonds is 1. The fourth-order valence-electron chi connectivity index (χ4n) is 2.12. The van der Waals surface area contributed by atoms with Gasteiger partial charge in [0.2, 0.25) is 0 Å². The van der Waals surface area contributed by atoms with Crippen LogP contribution in [0, 0.1) is 14.9 Å². The van der Waals surface area contributed by atoms with Gasteiger partial charge in [0.1, 0.15) is 0 Å². The first kappa shape index (κ1) is 13.5. The van der Waals surface area contributed by atoms with Crippen molar-refractivity contribution in [3.8, 4) is 17.2 Å². The lowest BCUT2D eigenvalue weighted by Crippen LogP contribution is -1.88. The molecular weight excluding hydrogens is 427 g/mol. The summed E-state index contributed by atoms with van der Waals surface area (Å²) >= 11 is 5.88. The molecule has 0 unspecified atom stereocenters. The molecule has 0 amide bonds. The molecule has 1 heterocycles. The van der Waals surface area contributed by atoms with E-state index in [2.05, 4.69) is 61.7 Å². The van der Waals surface area contributed by atoms with Crippen molar-refractivity contribution in [2.24, 2.45) is 0 Å². The topological polar surface area (TPSA) is 36.7 Å². The average molecular weight is 435 g/mol. The summed E-state index contributed by atoms with van der Waals surface area (Å²) in [5.41, 5.74) is 3.77. The molecule has 0 atom stereocenters. The highest BCUT2D eigenvalue weighted by Crippen LogP contribution is 2.33. The summed E-state index contributed by atoms with van der Waals surface area (Å²) in [4.78, 5) is 4.56. The minimum Gasteiger partial charge on any atom is -0.254 e. The van der Waals surface area contributed by atoms with Crippen molar-refractivity contribution in [3.63, 3.8) is 0 Å². The molecule has 0 N–H and O–H groups in total. The van der Waals surface area contributed by atoms with Crippen molar-refractivity contribution >= 4 is 49.4 Å². The molecule has 0 bridgehead atoms. The van der Waals surface area contributed by atoms with E-state index in [0.717, 1.165) is 30.1 Å². The number of fused-ring (bicyclic) bond motifs is 1. The molecule has 4 heteroatoms. The third kappa shape index (κ3) is 2.32. The van der Waals surface area contributed by atoms with Gasteiger partial charge in [-0.15, -0.1) is 0 Å². The smallest absolute Gasteiger partial charge is 0.0991 e. The molecule has 0 aliphatic heterocycles. The second-order valence-corrected chi connectivity index (χ2v) is 6.27. The van der Waals surface area contributed by atoms with E-state index in [1.807, 2.05) is 36.5 Å². The Labute approximate surface area is 138 Å². The van der Waals surface area contributed by atoms with Gasteiger partial charge in [0.05, 0.1) is 17.1 Å². The second-order valence-electron chi connectivity index (χ2n) is 4.31. The maximum absolute atomic E-state index is 8.87. The summed E-state index contributed by atoms with van der Waals surface area (Å²) in [6.07, 6.45) is 1.86. The molecule has 3 rings (SSSR count). The Morgan fingerprint density at radius 1 is 1.10 bits per heavy atom. The monoisotopic (exact) mass is 434 g/mol. The minimum atomic E-state index is 0.665. The van der Waals surface area contributed by atoms with Crippen LogP contribution in [0.5, 0.6) is 0 Å². The predicted molar refractivity (Wildman–Crippen MR) is 92.3 cm³/mol. The SMILES string of the molecule is N#Cc1ccc(-c2cccc3c(Br)c(I)cnc23)cc1. The zero-order chi connectivity index (χ0) is 14.1. The first-order valence-corrected chi connectivity index (χ1v) is 7.81. The number of nitriles is 1. The molecule has 0 fully saturated rings. The van der Waals surface area contributed by atoms with Gasteiger partial charge in [-0.2, -0.15) is 5.26 Å². The average Bonchev–Trinajstić information content (AvgIpc) is 2.51. The second kappa shape index (κ2) is 5.51. The highest BCUT2D eigenvalue weighted by atomic mass is 127. The molecule has 3 aromatic rings. The van der Waals surface area contributed by atoms with E-state index in [4.69, 9.17) is 5.26 Å². The molecule has 0 spiro atoms. The van der Waals surface area contributed by atoms with E-state index >= 15 is 0 Å². The van der Waals surface area contributed by atoms with Crippen LogP contribution in [0.1, 0.15) is 5.56 Å². The highest BCUT2D eigenvalue weighted by Gasteiger charge is 2.09. The van der Waals surface area contributed by atoms with Crippen molar-refractivity contribution in [2.45, 2.75) is 0 Å². The van der Waals surface area contributed by atoms with Crippen LogP contribution in [0.3, 0.4) is 0 Å². The van der Waals surface area contributed by atoms with E-state index in [0.29, 0.717) is 5.56 Å². The quantitative estimate of drug-likeness (QED) is 0.497. The number of halogens is 2. The van der Waals surface area contributed by atoms with Crippen LogP contribution in [0.15, 0.2) is 53.1 Å². The Kier molecular flexibility index (Phi) is 3.72. The summed E-state index contributed by atoms with van der Waals surface area (Å²) in [7, 11) is 0. The Balaban J connectivity index is 2.26. The largest absolute Gasteiger partial charge is 0.254 e. The van der Waals surface area contributed by atoms with Crippen LogP contribution < -0.4 is 0 Å². The zero-order valence-corrected chi connectivity index (χ0v) is 14.0. The maximum Gasteiger partial charge on any atom is 0.0991 e. The third-order valence-electron chi connectivity index (χ3n) is 3.11. The fourth-order valence-corrected chi connectivity index (χ4v) is 2.98. The van der Waals surface area contributed by atoms with E-state index in [1.165, 1.54) is 0 Å². The summed E-state index contributed by atoms with van der Waals surface area (Å²) in [5, 5.41) is 9.96. The Hall–Kier alpha value is -1.45. The number of aromatic nitrogens is 1. The summed E-state index contributed by atoms with van der Waals surface area (Å²) in [5.74, 6) is 0. The van der Waals surface area contributed by atoms with E-state index < -0.39 is 0 Å². The van der Waals surface area contributed by atoms with Gasteiger partial charge in [0.15, 0.2) is 0 Å². The molecule has 0 aliphatic carbocycles. The number of nitrogens with zero attached hydrogens (tertiary/aromatic N) is 2. The van der Waals surface area contributed by atoms with Crippen LogP contribution in [-0.4, -0.2) is 4.98 Å². The number of pyridine rings is 1. The molecule has 20 heavy (non-hydrogen) atoms. The first-order chi connectivity index (χ1) is 9.70. The number of hydrogen-bond acceptors (Lipinski definition) is 2. The van der Waals surface area contributed by atoms with Crippen molar-refractivity contribution in [1.82, 2.24) is 4.98 Å². The summed E-state index contributed by atoms with van der Waals surface area (Å²) in [6, 6.07) is 15.8. The van der Waals surface area contributed by atoms with Crippen molar-refractivity contribution in [3.05, 3.63) is 62.3 Å². The maximum atomic E-state index is 8.87. The number of benzene rings is 2. The third-order valence-corrected chi connectivity index (χ3v) is 5.53. The predicted octanol–water partition coefficient (Wildman–Crippen LogP) is 5.14. The highest BCUT2D eigenvalue weighted by molar-refractivity contribution is 14.1. The Morgan fingerprint density at radius 3 is 2.55 bits per heavy atom. The van der Waals surface area contributed by atoms with Gasteiger partial charge in [-0.3, -0.25) is 4.98 Å².